The molecule has 1 aromatic carbocycles. The van der Waals surface area contributed by atoms with E-state index in [0.29, 0.717) is 51.9 Å². The van der Waals surface area contributed by atoms with E-state index in [9.17, 15) is 14.3 Å². The lowest BCUT2D eigenvalue weighted by Crippen LogP contribution is -2.42. The Morgan fingerprint density at radius 1 is 1.30 bits per heavy atom. The molecule has 5 aliphatic rings. The van der Waals surface area contributed by atoms with E-state index in [1.165, 1.54) is 18.2 Å². The van der Waals surface area contributed by atoms with Crippen molar-refractivity contribution >= 4 is 28.9 Å². The topological polar surface area (TPSA) is 101 Å². The van der Waals surface area contributed by atoms with Crippen molar-refractivity contribution in [1.29, 1.82) is 5.41 Å². The van der Waals surface area contributed by atoms with Crippen LogP contribution in [0.4, 0.5) is 4.39 Å². The highest BCUT2D eigenvalue weighted by Gasteiger charge is 2.37. The third-order valence-electron chi connectivity index (χ3n) is 7.77. The first kappa shape index (κ1) is 25.9. The lowest BCUT2D eigenvalue weighted by Gasteiger charge is -2.35. The third-order valence-corrected chi connectivity index (χ3v) is 8.33. The lowest BCUT2D eigenvalue weighted by atomic mass is 9.95. The number of benzene rings is 1. The SMILES string of the molecule is CC1=N/C(=C2\CN(C(=O)c3ccc(F)cc3O[C@@H]3CC4CC[C@H](C3)N(CCO)C4)CC2=N)NC(C)=C1Cl. The van der Waals surface area contributed by atoms with Crippen LogP contribution >= 0.6 is 11.6 Å². The molecule has 3 N–H and O–H groups in total. The number of aliphatic imine (C=N–C) groups is 1. The average molecular weight is 530 g/mol. The van der Waals surface area contributed by atoms with Crippen LogP contribution in [0, 0.1) is 17.1 Å². The van der Waals surface area contributed by atoms with Gasteiger partial charge in [-0.05, 0) is 57.6 Å². The molecule has 6 rings (SSSR count). The number of allylic oxidation sites excluding steroid dienone is 2. The van der Waals surface area contributed by atoms with Gasteiger partial charge in [-0.1, -0.05) is 11.6 Å². The lowest BCUT2D eigenvalue weighted by molar-refractivity contribution is 0.0792. The molecule has 3 atom stereocenters. The smallest absolute Gasteiger partial charge is 0.258 e. The number of carbonyl (C=O) groups is 1. The molecule has 1 aromatic rings. The van der Waals surface area contributed by atoms with Crippen LogP contribution in [-0.4, -0.2) is 77.2 Å². The minimum absolute atomic E-state index is 0.129. The van der Waals surface area contributed by atoms with E-state index in [0.717, 1.165) is 37.9 Å². The number of nitrogens with one attached hydrogen (secondary N) is 2. The van der Waals surface area contributed by atoms with Crippen molar-refractivity contribution in [3.8, 4) is 5.75 Å². The number of hydrogen-bond donors (Lipinski definition) is 3. The number of fused-ring (bicyclic) bond motifs is 4. The Morgan fingerprint density at radius 3 is 2.86 bits per heavy atom. The van der Waals surface area contributed by atoms with Crippen LogP contribution in [-0.2, 0) is 0 Å². The van der Waals surface area contributed by atoms with E-state index in [1.807, 2.05) is 6.92 Å². The second-order valence-electron chi connectivity index (χ2n) is 10.4. The number of carbonyl (C=O) groups excluding carboxylic acids is 1. The third kappa shape index (κ3) is 5.30. The van der Waals surface area contributed by atoms with Gasteiger partial charge in [0.2, 0.25) is 0 Å². The quantitative estimate of drug-likeness (QED) is 0.540. The first-order chi connectivity index (χ1) is 17.7. The summed E-state index contributed by atoms with van der Waals surface area (Å²) >= 11 is 6.24. The standard InChI is InChI=1S/C27H33ClFN5O3/c1-15-25(28)16(2)32-26(31-15)22-13-34(14-23(22)30)27(36)21-6-4-18(29)10-24(21)37-20-9-17-3-5-19(11-20)33(12-17)7-8-35/h4,6,10,17,19-20,30-31,35H,3,5,7-9,11-14H2,1-2H3/b26-22+,30-23?/t17?,19-,20-/m1/s1. The van der Waals surface area contributed by atoms with E-state index >= 15 is 0 Å². The number of aliphatic hydroxyl groups excluding tert-OH is 1. The number of halogens is 2. The van der Waals surface area contributed by atoms with Crippen molar-refractivity contribution in [2.24, 2.45) is 10.9 Å². The zero-order valence-electron chi connectivity index (χ0n) is 21.2. The average Bonchev–Trinajstić information content (AvgIpc) is 3.04. The zero-order valence-corrected chi connectivity index (χ0v) is 21.9. The van der Waals surface area contributed by atoms with Crippen molar-refractivity contribution in [3.63, 3.8) is 0 Å². The molecule has 8 nitrogen and oxygen atoms in total. The number of likely N-dealkylation sites (tertiary alicyclic amines) is 1. The number of rotatable bonds is 5. The Bertz CT molecular complexity index is 1210. The Labute approximate surface area is 221 Å². The zero-order chi connectivity index (χ0) is 26.3. The van der Waals surface area contributed by atoms with Crippen molar-refractivity contribution in [1.82, 2.24) is 15.1 Å². The molecule has 3 saturated heterocycles. The second kappa shape index (κ2) is 10.6. The summed E-state index contributed by atoms with van der Waals surface area (Å²) in [4.78, 5) is 22.0. The van der Waals surface area contributed by atoms with E-state index in [-0.39, 0.29) is 37.5 Å². The van der Waals surface area contributed by atoms with Crippen molar-refractivity contribution < 1.29 is 19.0 Å². The minimum atomic E-state index is -0.461. The highest BCUT2D eigenvalue weighted by atomic mass is 35.5. The molecule has 10 heteroatoms. The van der Waals surface area contributed by atoms with Gasteiger partial charge in [-0.15, -0.1) is 0 Å². The van der Waals surface area contributed by atoms with Gasteiger partial charge in [0.25, 0.3) is 5.91 Å². The summed E-state index contributed by atoms with van der Waals surface area (Å²) in [5.74, 6) is 0.451. The van der Waals surface area contributed by atoms with Crippen molar-refractivity contribution in [3.05, 3.63) is 51.7 Å². The largest absolute Gasteiger partial charge is 0.489 e. The van der Waals surface area contributed by atoms with Gasteiger partial charge >= 0.3 is 0 Å². The van der Waals surface area contributed by atoms with E-state index in [1.54, 1.807) is 11.8 Å². The second-order valence-corrected chi connectivity index (χ2v) is 10.8. The van der Waals surface area contributed by atoms with Gasteiger partial charge in [-0.25, -0.2) is 9.38 Å². The molecular formula is C27H33ClFN5O3. The van der Waals surface area contributed by atoms with Crippen LogP contribution in [0.15, 0.2) is 45.3 Å². The predicted molar refractivity (Wildman–Crippen MR) is 141 cm³/mol. The van der Waals surface area contributed by atoms with Gasteiger partial charge in [-0.3, -0.25) is 9.69 Å². The molecule has 0 aromatic heterocycles. The van der Waals surface area contributed by atoms with Gasteiger partial charge in [0.15, 0.2) is 0 Å². The molecule has 1 unspecified atom stereocenters. The summed E-state index contributed by atoms with van der Waals surface area (Å²) in [6, 6.07) is 4.35. The normalized spacial score (nSPS) is 28.4. The number of nitrogens with zero attached hydrogens (tertiary/aromatic N) is 3. The van der Waals surface area contributed by atoms with Gasteiger partial charge < -0.3 is 25.5 Å². The van der Waals surface area contributed by atoms with Gasteiger partial charge in [0.05, 0.1) is 41.7 Å². The highest BCUT2D eigenvalue weighted by Crippen LogP contribution is 2.36. The molecule has 0 radical (unpaired) electrons. The summed E-state index contributed by atoms with van der Waals surface area (Å²) in [6.45, 7) is 5.70. The molecular weight excluding hydrogens is 497 g/mol. The molecule has 1 aliphatic carbocycles. The van der Waals surface area contributed by atoms with Crippen molar-refractivity contribution in [2.45, 2.75) is 51.7 Å². The maximum Gasteiger partial charge on any atom is 0.258 e. The number of aliphatic hydroxyl groups is 1. The maximum absolute atomic E-state index is 14.3. The minimum Gasteiger partial charge on any atom is -0.489 e. The molecule has 198 valence electrons. The summed E-state index contributed by atoms with van der Waals surface area (Å²) in [6.07, 6.45) is 3.66. The van der Waals surface area contributed by atoms with E-state index in [4.69, 9.17) is 21.7 Å². The molecule has 4 fully saturated rings. The van der Waals surface area contributed by atoms with Crippen LogP contribution < -0.4 is 10.1 Å². The molecule has 4 heterocycles. The summed E-state index contributed by atoms with van der Waals surface area (Å²) in [5, 5.41) is 21.6. The Morgan fingerprint density at radius 2 is 2.11 bits per heavy atom. The fourth-order valence-corrected chi connectivity index (χ4v) is 6.00. The molecule has 0 spiro atoms. The highest BCUT2D eigenvalue weighted by molar-refractivity contribution is 6.43. The Hall–Kier alpha value is -2.75. The Balaban J connectivity index is 1.35. The number of ether oxygens (including phenoxy) is 1. The van der Waals surface area contributed by atoms with Gasteiger partial charge in [0.1, 0.15) is 23.5 Å². The van der Waals surface area contributed by atoms with E-state index < -0.39 is 5.82 Å². The van der Waals surface area contributed by atoms with Crippen LogP contribution in [0.3, 0.4) is 0 Å². The monoisotopic (exact) mass is 529 g/mol. The fourth-order valence-electron chi connectivity index (χ4n) is 5.91. The molecule has 2 bridgehead atoms. The number of hydrogen-bond acceptors (Lipinski definition) is 7. The molecule has 1 amide bonds. The molecule has 37 heavy (non-hydrogen) atoms. The van der Waals surface area contributed by atoms with Crippen molar-refractivity contribution in [2.75, 3.05) is 32.8 Å². The number of amides is 1. The van der Waals surface area contributed by atoms with E-state index in [2.05, 4.69) is 15.2 Å². The number of piperidine rings is 1. The van der Waals surface area contributed by atoms with Crippen LogP contribution in [0.25, 0.3) is 0 Å². The maximum atomic E-state index is 14.3. The first-order valence-corrected chi connectivity index (χ1v) is 13.2. The van der Waals surface area contributed by atoms with Crippen LogP contribution in [0.5, 0.6) is 5.75 Å². The molecule has 1 saturated carbocycles. The summed E-state index contributed by atoms with van der Waals surface area (Å²) in [5.41, 5.74) is 2.62. The van der Waals surface area contributed by atoms with Crippen LogP contribution in [0.1, 0.15) is 49.9 Å². The molecule has 4 aliphatic heterocycles. The summed E-state index contributed by atoms with van der Waals surface area (Å²) in [7, 11) is 0. The van der Waals surface area contributed by atoms with Gasteiger partial charge in [0, 0.05) is 36.5 Å². The Kier molecular flexibility index (Phi) is 7.38. The predicted octanol–water partition coefficient (Wildman–Crippen LogP) is 3.66. The fraction of sp³-hybridized carbons (Fsp3) is 0.519. The summed E-state index contributed by atoms with van der Waals surface area (Å²) < 4.78 is 20.6. The van der Waals surface area contributed by atoms with Crippen LogP contribution in [0.2, 0.25) is 0 Å². The van der Waals surface area contributed by atoms with Gasteiger partial charge in [-0.2, -0.15) is 0 Å². The first-order valence-electron chi connectivity index (χ1n) is 12.8.